The second-order valence-corrected chi connectivity index (χ2v) is 3.95. The van der Waals surface area contributed by atoms with Crippen molar-refractivity contribution >= 4 is 15.9 Å². The van der Waals surface area contributed by atoms with Gasteiger partial charge in [-0.05, 0) is 12.0 Å². The molecular weight excluding hydrogens is 216 g/mol. The first-order valence-corrected chi connectivity index (χ1v) is 4.82. The highest BCUT2D eigenvalue weighted by Crippen LogP contribution is 2.42. The van der Waals surface area contributed by atoms with Crippen LogP contribution in [0.4, 0.5) is 0 Å². The highest BCUT2D eigenvalue weighted by molar-refractivity contribution is 9.11. The van der Waals surface area contributed by atoms with Gasteiger partial charge in [0, 0.05) is 0 Å². The van der Waals surface area contributed by atoms with Crippen molar-refractivity contribution in [2.75, 3.05) is 0 Å². The molecule has 0 spiro atoms. The predicted molar refractivity (Wildman–Crippen MR) is 51.8 cm³/mol. The Balaban J connectivity index is 1.80. The number of ether oxygens (including phenoxy) is 1. The van der Waals surface area contributed by atoms with Gasteiger partial charge in [0.1, 0.15) is 0 Å². The van der Waals surface area contributed by atoms with Gasteiger partial charge in [-0.25, -0.2) is 0 Å². The largest absolute Gasteiger partial charge is 0.372 e. The molecule has 63 valence electrons. The second-order valence-electron chi connectivity index (χ2n) is 2.94. The summed E-state index contributed by atoms with van der Waals surface area (Å²) in [5, 5.41) is 0. The molecule has 0 heterocycles. The van der Waals surface area contributed by atoms with Crippen molar-refractivity contribution in [2.45, 2.75) is 19.1 Å². The minimum atomic E-state index is 0.366. The van der Waals surface area contributed by atoms with E-state index in [-0.39, 0.29) is 0 Å². The Morgan fingerprint density at radius 2 is 2.00 bits per heavy atom. The molecular formula is C10H10BrO. The lowest BCUT2D eigenvalue weighted by Gasteiger charge is -2.01. The van der Waals surface area contributed by atoms with Crippen LogP contribution in [-0.4, -0.2) is 6.10 Å². The summed E-state index contributed by atoms with van der Waals surface area (Å²) >= 11 is 3.41. The summed E-state index contributed by atoms with van der Waals surface area (Å²) in [5.41, 5.74) is 1.24. The Labute approximate surface area is 80.9 Å². The van der Waals surface area contributed by atoms with Crippen LogP contribution in [0.2, 0.25) is 0 Å². The van der Waals surface area contributed by atoms with Crippen molar-refractivity contribution in [3.05, 3.63) is 40.7 Å². The molecule has 2 rings (SSSR count). The Morgan fingerprint density at radius 3 is 2.58 bits per heavy atom. The second kappa shape index (κ2) is 3.58. The summed E-state index contributed by atoms with van der Waals surface area (Å²) < 4.78 is 5.57. The zero-order chi connectivity index (χ0) is 8.39. The first-order chi connectivity index (χ1) is 5.86. The summed E-state index contributed by atoms with van der Waals surface area (Å²) in [4.78, 5) is 1.29. The molecule has 1 aromatic rings. The summed E-state index contributed by atoms with van der Waals surface area (Å²) in [6, 6.07) is 10.2. The van der Waals surface area contributed by atoms with E-state index in [1.54, 1.807) is 0 Å². The van der Waals surface area contributed by atoms with Crippen molar-refractivity contribution in [1.82, 2.24) is 0 Å². The van der Waals surface area contributed by atoms with E-state index < -0.39 is 0 Å². The van der Waals surface area contributed by atoms with Gasteiger partial charge in [0.05, 0.1) is 17.5 Å². The summed E-state index contributed by atoms with van der Waals surface area (Å²) in [7, 11) is 0. The third kappa shape index (κ3) is 2.08. The smallest absolute Gasteiger partial charge is 0.0763 e. The number of halogens is 1. The van der Waals surface area contributed by atoms with Crippen molar-refractivity contribution in [3.63, 3.8) is 0 Å². The highest BCUT2D eigenvalue weighted by atomic mass is 79.9. The van der Waals surface area contributed by atoms with Crippen LogP contribution in [0.3, 0.4) is 0 Å². The van der Waals surface area contributed by atoms with Crippen LogP contribution < -0.4 is 0 Å². The van der Waals surface area contributed by atoms with Crippen molar-refractivity contribution in [3.8, 4) is 0 Å². The van der Waals surface area contributed by atoms with Gasteiger partial charge in [0.15, 0.2) is 0 Å². The lowest BCUT2D eigenvalue weighted by Crippen LogP contribution is -1.94. The van der Waals surface area contributed by atoms with Crippen LogP contribution in [0.5, 0.6) is 0 Å². The van der Waals surface area contributed by atoms with Gasteiger partial charge in [0.25, 0.3) is 0 Å². The number of rotatable bonds is 3. The predicted octanol–water partition coefficient (Wildman–Crippen LogP) is 2.90. The topological polar surface area (TPSA) is 9.23 Å². The molecule has 1 aliphatic rings. The van der Waals surface area contributed by atoms with Crippen LogP contribution >= 0.6 is 15.9 Å². The molecule has 1 atom stereocenters. The van der Waals surface area contributed by atoms with Crippen LogP contribution in [0.1, 0.15) is 12.0 Å². The molecule has 1 aromatic carbocycles. The maximum Gasteiger partial charge on any atom is 0.0763 e. The van der Waals surface area contributed by atoms with Crippen LogP contribution in [0.15, 0.2) is 30.3 Å². The van der Waals surface area contributed by atoms with Crippen LogP contribution in [0.25, 0.3) is 0 Å². The fourth-order valence-electron chi connectivity index (χ4n) is 1.04. The van der Waals surface area contributed by atoms with Crippen LogP contribution in [0, 0.1) is 4.83 Å². The molecule has 0 aliphatic heterocycles. The van der Waals surface area contributed by atoms with Gasteiger partial charge >= 0.3 is 0 Å². The molecule has 0 aromatic heterocycles. The molecule has 12 heavy (non-hydrogen) atoms. The number of hydrogen-bond donors (Lipinski definition) is 0. The van der Waals surface area contributed by atoms with E-state index in [0.29, 0.717) is 6.10 Å². The Hall–Kier alpha value is -0.340. The number of benzene rings is 1. The monoisotopic (exact) mass is 225 g/mol. The van der Waals surface area contributed by atoms with Crippen molar-refractivity contribution in [2.24, 2.45) is 0 Å². The maximum absolute atomic E-state index is 5.57. The minimum absolute atomic E-state index is 0.366. The van der Waals surface area contributed by atoms with Crippen molar-refractivity contribution in [1.29, 1.82) is 0 Å². The van der Waals surface area contributed by atoms with E-state index in [9.17, 15) is 0 Å². The SMILES string of the molecule is Br[C]1CC1OCc1ccccc1. The lowest BCUT2D eigenvalue weighted by molar-refractivity contribution is 0.112. The molecule has 1 aliphatic carbocycles. The summed E-state index contributed by atoms with van der Waals surface area (Å²) in [6.07, 6.45) is 1.44. The van der Waals surface area contributed by atoms with E-state index in [2.05, 4.69) is 28.1 Å². The average molecular weight is 226 g/mol. The van der Waals surface area contributed by atoms with E-state index in [0.717, 1.165) is 13.0 Å². The minimum Gasteiger partial charge on any atom is -0.372 e. The van der Waals surface area contributed by atoms with E-state index in [4.69, 9.17) is 4.74 Å². The molecule has 1 unspecified atom stereocenters. The lowest BCUT2D eigenvalue weighted by atomic mass is 10.2. The van der Waals surface area contributed by atoms with Gasteiger partial charge in [-0.3, -0.25) is 0 Å². The van der Waals surface area contributed by atoms with Gasteiger partial charge in [-0.1, -0.05) is 46.3 Å². The zero-order valence-electron chi connectivity index (χ0n) is 6.66. The molecule has 2 heteroatoms. The molecule has 0 bridgehead atoms. The quantitative estimate of drug-likeness (QED) is 0.769. The molecule has 1 radical (unpaired) electrons. The molecule has 1 saturated carbocycles. The van der Waals surface area contributed by atoms with Gasteiger partial charge in [-0.15, -0.1) is 0 Å². The molecule has 0 amide bonds. The molecule has 0 N–H and O–H groups in total. The summed E-state index contributed by atoms with van der Waals surface area (Å²) in [6.45, 7) is 0.723. The van der Waals surface area contributed by atoms with Gasteiger partial charge < -0.3 is 4.74 Å². The zero-order valence-corrected chi connectivity index (χ0v) is 8.25. The van der Waals surface area contributed by atoms with Gasteiger partial charge in [-0.2, -0.15) is 0 Å². The first-order valence-electron chi connectivity index (χ1n) is 4.03. The standard InChI is InChI=1S/C10H10BrO/c11-9-6-10(9)12-7-8-4-2-1-3-5-8/h1-5,10H,6-7H2. The van der Waals surface area contributed by atoms with E-state index in [1.807, 2.05) is 18.2 Å². The first kappa shape index (κ1) is 8.27. The van der Waals surface area contributed by atoms with Crippen molar-refractivity contribution < 1.29 is 4.74 Å². The Bertz CT molecular complexity index is 247. The summed E-state index contributed by atoms with van der Waals surface area (Å²) in [5.74, 6) is 0. The maximum atomic E-state index is 5.57. The van der Waals surface area contributed by atoms with E-state index >= 15 is 0 Å². The fraction of sp³-hybridized carbons (Fsp3) is 0.300. The molecule has 1 fully saturated rings. The van der Waals surface area contributed by atoms with E-state index in [1.165, 1.54) is 10.4 Å². The molecule has 1 nitrogen and oxygen atoms in total. The normalized spacial score (nSPS) is 22.6. The number of hydrogen-bond acceptors (Lipinski definition) is 1. The Morgan fingerprint density at radius 1 is 1.33 bits per heavy atom. The van der Waals surface area contributed by atoms with Crippen LogP contribution in [-0.2, 0) is 11.3 Å². The third-order valence-electron chi connectivity index (χ3n) is 1.86. The average Bonchev–Trinajstić information content (AvgIpc) is 2.81. The Kier molecular flexibility index (Phi) is 2.47. The van der Waals surface area contributed by atoms with Gasteiger partial charge in [0.2, 0.25) is 0 Å². The highest BCUT2D eigenvalue weighted by Gasteiger charge is 2.36. The molecule has 0 saturated heterocycles. The third-order valence-corrected chi connectivity index (χ3v) is 2.70. The fourth-order valence-corrected chi connectivity index (χ4v) is 1.46.